The second kappa shape index (κ2) is 6.38. The zero-order valence-electron chi connectivity index (χ0n) is 11.4. The van der Waals surface area contributed by atoms with Crippen molar-refractivity contribution in [1.82, 2.24) is 14.9 Å². The lowest BCUT2D eigenvalue weighted by molar-refractivity contribution is -0.121. The van der Waals surface area contributed by atoms with Crippen molar-refractivity contribution < 1.29 is 9.90 Å². The lowest BCUT2D eigenvalue weighted by Crippen LogP contribution is -2.33. The first-order valence-electron chi connectivity index (χ1n) is 6.74. The molecule has 0 aliphatic heterocycles. The fourth-order valence-electron chi connectivity index (χ4n) is 2.05. The average Bonchev–Trinajstić information content (AvgIpc) is 2.75. The van der Waals surface area contributed by atoms with E-state index in [2.05, 4.69) is 10.3 Å². The maximum atomic E-state index is 11.8. The number of hydrogen-bond donors (Lipinski definition) is 3. The van der Waals surface area contributed by atoms with Crippen LogP contribution in [0.1, 0.15) is 19.8 Å². The smallest absolute Gasteiger partial charge is 0.326 e. The van der Waals surface area contributed by atoms with Crippen LogP contribution in [0.3, 0.4) is 0 Å². The van der Waals surface area contributed by atoms with E-state index in [1.165, 1.54) is 4.57 Å². The van der Waals surface area contributed by atoms with Crippen LogP contribution in [-0.4, -0.2) is 33.2 Å². The Labute approximate surface area is 116 Å². The molecule has 0 bridgehead atoms. The van der Waals surface area contributed by atoms with Gasteiger partial charge < -0.3 is 15.4 Å². The molecule has 1 amide bonds. The van der Waals surface area contributed by atoms with Gasteiger partial charge >= 0.3 is 5.69 Å². The molecule has 1 heterocycles. The summed E-state index contributed by atoms with van der Waals surface area (Å²) in [6, 6.07) is 7.24. The molecule has 0 radical (unpaired) electrons. The fraction of sp³-hybridized carbons (Fsp3) is 0.429. The van der Waals surface area contributed by atoms with Crippen molar-refractivity contribution in [2.24, 2.45) is 0 Å². The third kappa shape index (κ3) is 3.27. The van der Waals surface area contributed by atoms with Gasteiger partial charge in [0.2, 0.25) is 5.91 Å². The molecule has 0 aliphatic rings. The molecule has 1 aromatic carbocycles. The first-order chi connectivity index (χ1) is 9.61. The Balaban J connectivity index is 2.00. The van der Waals surface area contributed by atoms with Crippen LogP contribution in [0.5, 0.6) is 0 Å². The summed E-state index contributed by atoms with van der Waals surface area (Å²) >= 11 is 0. The number of aliphatic hydroxyl groups excluding tert-OH is 1. The molecule has 0 saturated carbocycles. The van der Waals surface area contributed by atoms with Crippen LogP contribution in [-0.2, 0) is 11.3 Å². The quantitative estimate of drug-likeness (QED) is 0.723. The molecule has 6 heteroatoms. The number of aromatic amines is 1. The highest BCUT2D eigenvalue weighted by Crippen LogP contribution is 2.08. The highest BCUT2D eigenvalue weighted by atomic mass is 16.3. The highest BCUT2D eigenvalue weighted by Gasteiger charge is 2.10. The number of aliphatic hydroxyl groups is 1. The second-order valence-electron chi connectivity index (χ2n) is 4.73. The highest BCUT2D eigenvalue weighted by molar-refractivity contribution is 5.80. The Morgan fingerprint density at radius 1 is 1.45 bits per heavy atom. The second-order valence-corrected chi connectivity index (χ2v) is 4.73. The number of nitrogens with one attached hydrogen (secondary N) is 2. The number of amides is 1. The normalized spacial score (nSPS) is 12.5. The Bertz CT molecular complexity index is 644. The predicted molar refractivity (Wildman–Crippen MR) is 76.5 cm³/mol. The van der Waals surface area contributed by atoms with Crippen molar-refractivity contribution in [3.05, 3.63) is 34.7 Å². The predicted octanol–water partition coefficient (Wildman–Crippen LogP) is 0.607. The van der Waals surface area contributed by atoms with Gasteiger partial charge in [0.15, 0.2) is 0 Å². The molecule has 2 rings (SSSR count). The summed E-state index contributed by atoms with van der Waals surface area (Å²) in [5.74, 6) is -0.236. The minimum atomic E-state index is -0.397. The number of nitrogens with zero attached hydrogens (tertiary/aromatic N) is 1. The molecule has 0 saturated heterocycles. The Kier molecular flexibility index (Phi) is 4.57. The molecule has 3 N–H and O–H groups in total. The van der Waals surface area contributed by atoms with Crippen LogP contribution < -0.4 is 11.0 Å². The van der Waals surface area contributed by atoms with E-state index in [4.69, 9.17) is 0 Å². The Morgan fingerprint density at radius 3 is 2.95 bits per heavy atom. The van der Waals surface area contributed by atoms with Crippen LogP contribution in [0.25, 0.3) is 11.0 Å². The molecule has 6 nitrogen and oxygen atoms in total. The number of carbonyl (C=O) groups is 1. The van der Waals surface area contributed by atoms with Crippen LogP contribution in [0.2, 0.25) is 0 Å². The van der Waals surface area contributed by atoms with Gasteiger partial charge in [-0.2, -0.15) is 0 Å². The van der Waals surface area contributed by atoms with Crippen molar-refractivity contribution in [2.75, 3.05) is 6.54 Å². The van der Waals surface area contributed by atoms with Gasteiger partial charge in [0.05, 0.1) is 17.1 Å². The number of hydrogen-bond acceptors (Lipinski definition) is 3. The number of H-pyrrole nitrogens is 1. The number of fused-ring (bicyclic) bond motifs is 1. The van der Waals surface area contributed by atoms with Gasteiger partial charge in [0.1, 0.15) is 6.54 Å². The number of benzene rings is 1. The molecule has 1 aromatic heterocycles. The maximum Gasteiger partial charge on any atom is 0.326 e. The van der Waals surface area contributed by atoms with Crippen molar-refractivity contribution in [3.8, 4) is 0 Å². The molecule has 1 unspecified atom stereocenters. The molecular formula is C14H19N3O3. The van der Waals surface area contributed by atoms with E-state index in [-0.39, 0.29) is 18.1 Å². The molecule has 108 valence electrons. The zero-order valence-corrected chi connectivity index (χ0v) is 11.4. The van der Waals surface area contributed by atoms with Crippen molar-refractivity contribution in [3.63, 3.8) is 0 Å². The van der Waals surface area contributed by atoms with Crippen LogP contribution in [0, 0.1) is 0 Å². The van der Waals surface area contributed by atoms with Gasteiger partial charge in [-0.05, 0) is 25.0 Å². The molecular weight excluding hydrogens is 258 g/mol. The van der Waals surface area contributed by atoms with Crippen molar-refractivity contribution in [2.45, 2.75) is 32.4 Å². The summed E-state index contributed by atoms with van der Waals surface area (Å²) < 4.78 is 1.40. The van der Waals surface area contributed by atoms with Crippen LogP contribution in [0.4, 0.5) is 0 Å². The average molecular weight is 277 g/mol. The number of carbonyl (C=O) groups excluding carboxylic acids is 1. The molecule has 20 heavy (non-hydrogen) atoms. The van der Waals surface area contributed by atoms with Gasteiger partial charge in [-0.15, -0.1) is 0 Å². The van der Waals surface area contributed by atoms with Gasteiger partial charge in [0, 0.05) is 6.54 Å². The first-order valence-corrected chi connectivity index (χ1v) is 6.74. The van der Waals surface area contributed by atoms with E-state index in [0.717, 1.165) is 0 Å². The Morgan fingerprint density at radius 2 is 2.20 bits per heavy atom. The van der Waals surface area contributed by atoms with E-state index in [1.807, 2.05) is 19.1 Å². The number of imidazole rings is 1. The van der Waals surface area contributed by atoms with E-state index >= 15 is 0 Å². The topological polar surface area (TPSA) is 87.1 Å². The maximum absolute atomic E-state index is 11.8. The lowest BCUT2D eigenvalue weighted by atomic mass is 10.2. The van der Waals surface area contributed by atoms with E-state index in [0.29, 0.717) is 30.4 Å². The number of rotatable bonds is 6. The summed E-state index contributed by atoms with van der Waals surface area (Å²) in [7, 11) is 0. The zero-order chi connectivity index (χ0) is 14.5. The largest absolute Gasteiger partial charge is 0.393 e. The molecule has 0 spiro atoms. The summed E-state index contributed by atoms with van der Waals surface area (Å²) in [5, 5.41) is 12.1. The minimum Gasteiger partial charge on any atom is -0.393 e. The minimum absolute atomic E-state index is 0.0228. The summed E-state index contributed by atoms with van der Waals surface area (Å²) in [6.07, 6.45) is 0.786. The van der Waals surface area contributed by atoms with Crippen LogP contribution in [0.15, 0.2) is 29.1 Å². The summed E-state index contributed by atoms with van der Waals surface area (Å²) in [5.41, 5.74) is 1.13. The summed E-state index contributed by atoms with van der Waals surface area (Å²) in [6.45, 7) is 2.27. The van der Waals surface area contributed by atoms with Crippen LogP contribution >= 0.6 is 0 Å². The first kappa shape index (κ1) is 14.3. The molecule has 0 fully saturated rings. The van der Waals surface area contributed by atoms with Gasteiger partial charge in [-0.3, -0.25) is 9.36 Å². The monoisotopic (exact) mass is 277 g/mol. The Hall–Kier alpha value is -2.08. The van der Waals surface area contributed by atoms with Gasteiger partial charge in [-0.1, -0.05) is 19.1 Å². The summed E-state index contributed by atoms with van der Waals surface area (Å²) in [4.78, 5) is 26.3. The standard InChI is InChI=1S/C14H19N3O3/c1-2-10(18)7-8-15-13(19)9-17-12-6-4-3-5-11(12)16-14(17)20/h3-6,10,18H,2,7-9H2,1H3,(H,15,19)(H,16,20). The van der Waals surface area contributed by atoms with E-state index < -0.39 is 6.10 Å². The SMILES string of the molecule is CCC(O)CCNC(=O)Cn1c(=O)[nH]c2ccccc21. The van der Waals surface area contributed by atoms with Crippen molar-refractivity contribution in [1.29, 1.82) is 0 Å². The van der Waals surface area contributed by atoms with E-state index in [1.54, 1.807) is 12.1 Å². The molecule has 2 aromatic rings. The van der Waals surface area contributed by atoms with Gasteiger partial charge in [0.25, 0.3) is 0 Å². The molecule has 0 aliphatic carbocycles. The number of para-hydroxylation sites is 2. The van der Waals surface area contributed by atoms with E-state index in [9.17, 15) is 14.7 Å². The van der Waals surface area contributed by atoms with Gasteiger partial charge in [-0.25, -0.2) is 4.79 Å². The lowest BCUT2D eigenvalue weighted by Gasteiger charge is -2.09. The third-order valence-electron chi connectivity index (χ3n) is 3.25. The fourth-order valence-corrected chi connectivity index (χ4v) is 2.05. The van der Waals surface area contributed by atoms with Crippen molar-refractivity contribution >= 4 is 16.9 Å². The number of aromatic nitrogens is 2. The third-order valence-corrected chi connectivity index (χ3v) is 3.25. The molecule has 1 atom stereocenters.